The fraction of sp³-hybridized carbons (Fsp3) is 0.556. The second-order valence-corrected chi connectivity index (χ2v) is 4.65. The number of nitrogens with zero attached hydrogens (tertiary/aromatic N) is 1. The summed E-state index contributed by atoms with van der Waals surface area (Å²) >= 11 is 0.748. The van der Waals surface area contributed by atoms with Gasteiger partial charge in [0.2, 0.25) is 5.91 Å². The van der Waals surface area contributed by atoms with E-state index in [9.17, 15) is 19.2 Å². The van der Waals surface area contributed by atoms with Gasteiger partial charge in [-0.3, -0.25) is 19.3 Å². The van der Waals surface area contributed by atoms with Crippen LogP contribution < -0.4 is 5.73 Å². The van der Waals surface area contributed by atoms with E-state index in [1.807, 2.05) is 0 Å². The maximum Gasteiger partial charge on any atom is 0.327 e. The summed E-state index contributed by atoms with van der Waals surface area (Å²) in [7, 11) is 0. The van der Waals surface area contributed by atoms with Crippen molar-refractivity contribution < 1.29 is 29.4 Å². The van der Waals surface area contributed by atoms with Gasteiger partial charge >= 0.3 is 11.9 Å². The van der Waals surface area contributed by atoms with Gasteiger partial charge in [-0.2, -0.15) is 0 Å². The van der Waals surface area contributed by atoms with E-state index in [1.165, 1.54) is 0 Å². The van der Waals surface area contributed by atoms with Crippen molar-refractivity contribution in [2.75, 3.05) is 5.75 Å². The zero-order chi connectivity index (χ0) is 13.9. The number of amides is 2. The third-order valence-electron chi connectivity index (χ3n) is 2.41. The molecule has 2 amide bonds. The summed E-state index contributed by atoms with van der Waals surface area (Å²) < 4.78 is 0. The summed E-state index contributed by atoms with van der Waals surface area (Å²) in [5.41, 5.74) is 5.22. The molecular formula is C9H12N2O6S. The second kappa shape index (κ2) is 5.83. The number of nitrogens with two attached hydrogens (primary N) is 1. The van der Waals surface area contributed by atoms with Gasteiger partial charge in [0.05, 0.1) is 0 Å². The number of carboxylic acids is 2. The molecule has 9 heteroatoms. The van der Waals surface area contributed by atoms with Gasteiger partial charge in [0, 0.05) is 12.2 Å². The highest BCUT2D eigenvalue weighted by molar-refractivity contribution is 8.14. The topological polar surface area (TPSA) is 138 Å². The van der Waals surface area contributed by atoms with Crippen molar-refractivity contribution in [2.45, 2.75) is 24.9 Å². The molecule has 1 aliphatic heterocycles. The Balaban J connectivity index is 2.62. The number of aliphatic carboxylic acids is 2. The number of carbonyl (C=O) groups excluding carboxylic acids is 2. The Morgan fingerprint density at radius 2 is 2.06 bits per heavy atom. The first-order chi connectivity index (χ1) is 8.34. The molecule has 0 aromatic heterocycles. The standard InChI is InChI=1S/C9H12N2O6S/c10-4(7(13)14)1-2-6(12)11-5(8(15)16)3-18-9(11)17/h4-5H,1-3,10H2,(H,13,14)(H,15,16)/t4-,5-/m0/s1. The molecule has 0 aromatic rings. The minimum absolute atomic E-state index is 0.00485. The van der Waals surface area contributed by atoms with Crippen LogP contribution in [0, 0.1) is 0 Å². The van der Waals surface area contributed by atoms with E-state index in [0.29, 0.717) is 4.90 Å². The Morgan fingerprint density at radius 3 is 2.56 bits per heavy atom. The van der Waals surface area contributed by atoms with E-state index < -0.39 is 35.2 Å². The first kappa shape index (κ1) is 14.5. The van der Waals surface area contributed by atoms with Gasteiger partial charge in [0.1, 0.15) is 12.1 Å². The van der Waals surface area contributed by atoms with E-state index in [-0.39, 0.29) is 18.6 Å². The lowest BCUT2D eigenvalue weighted by Crippen LogP contribution is -2.44. The molecule has 0 spiro atoms. The van der Waals surface area contributed by atoms with E-state index in [2.05, 4.69) is 0 Å². The van der Waals surface area contributed by atoms with Gasteiger partial charge in [0.25, 0.3) is 5.24 Å². The van der Waals surface area contributed by atoms with Crippen molar-refractivity contribution in [3.63, 3.8) is 0 Å². The maximum atomic E-state index is 11.7. The Bertz CT molecular complexity index is 399. The van der Waals surface area contributed by atoms with Crippen molar-refractivity contribution in [2.24, 2.45) is 5.73 Å². The second-order valence-electron chi connectivity index (χ2n) is 3.68. The molecule has 0 bridgehead atoms. The molecule has 0 radical (unpaired) electrons. The summed E-state index contributed by atoms with van der Waals surface area (Å²) in [4.78, 5) is 45.0. The highest BCUT2D eigenvalue weighted by Gasteiger charge is 2.40. The number of rotatable bonds is 5. The van der Waals surface area contributed by atoms with Gasteiger partial charge in [-0.25, -0.2) is 4.79 Å². The van der Waals surface area contributed by atoms with Gasteiger partial charge in [-0.1, -0.05) is 11.8 Å². The largest absolute Gasteiger partial charge is 0.480 e. The monoisotopic (exact) mass is 276 g/mol. The Hall–Kier alpha value is -1.61. The normalized spacial score (nSPS) is 20.8. The summed E-state index contributed by atoms with van der Waals surface area (Å²) in [6.45, 7) is 0. The summed E-state index contributed by atoms with van der Waals surface area (Å²) in [5, 5.41) is 16.7. The number of carbonyl (C=O) groups is 4. The predicted octanol–water partition coefficient (Wildman–Crippen LogP) is -0.673. The molecule has 1 aliphatic rings. The van der Waals surface area contributed by atoms with Crippen molar-refractivity contribution in [3.8, 4) is 0 Å². The molecular weight excluding hydrogens is 264 g/mol. The lowest BCUT2D eigenvalue weighted by molar-refractivity contribution is -0.146. The zero-order valence-corrected chi connectivity index (χ0v) is 10.1. The minimum atomic E-state index is -1.26. The Labute approximate surface area is 106 Å². The maximum absolute atomic E-state index is 11.7. The van der Waals surface area contributed by atoms with Crippen LogP contribution in [-0.4, -0.2) is 56.0 Å². The molecule has 1 fully saturated rings. The van der Waals surface area contributed by atoms with Gasteiger partial charge in [0.15, 0.2) is 0 Å². The number of hydrogen-bond donors (Lipinski definition) is 3. The average molecular weight is 276 g/mol. The lowest BCUT2D eigenvalue weighted by Gasteiger charge is -2.18. The van der Waals surface area contributed by atoms with Crippen LogP contribution in [0.5, 0.6) is 0 Å². The highest BCUT2D eigenvalue weighted by Crippen LogP contribution is 2.25. The molecule has 100 valence electrons. The quantitative estimate of drug-likeness (QED) is 0.600. The third-order valence-corrected chi connectivity index (χ3v) is 3.34. The molecule has 1 saturated heterocycles. The molecule has 1 heterocycles. The predicted molar refractivity (Wildman–Crippen MR) is 61.0 cm³/mol. The summed E-state index contributed by atoms with van der Waals surface area (Å²) in [6.07, 6.45) is -0.418. The lowest BCUT2D eigenvalue weighted by atomic mass is 10.1. The van der Waals surface area contributed by atoms with E-state index in [1.54, 1.807) is 0 Å². The van der Waals surface area contributed by atoms with Crippen LogP contribution in [0.1, 0.15) is 12.8 Å². The Kier molecular flexibility index (Phi) is 4.68. The fourth-order valence-corrected chi connectivity index (χ4v) is 2.36. The van der Waals surface area contributed by atoms with Crippen molar-refractivity contribution in [3.05, 3.63) is 0 Å². The van der Waals surface area contributed by atoms with Gasteiger partial charge in [-0.05, 0) is 6.42 Å². The molecule has 0 aromatic carbocycles. The van der Waals surface area contributed by atoms with Crippen LogP contribution in [0.2, 0.25) is 0 Å². The van der Waals surface area contributed by atoms with Crippen LogP contribution >= 0.6 is 11.8 Å². The zero-order valence-electron chi connectivity index (χ0n) is 9.24. The molecule has 18 heavy (non-hydrogen) atoms. The van der Waals surface area contributed by atoms with Crippen molar-refractivity contribution >= 4 is 34.8 Å². The van der Waals surface area contributed by atoms with Gasteiger partial charge in [-0.15, -0.1) is 0 Å². The molecule has 0 unspecified atom stereocenters. The number of carboxylic acid groups (broad SMARTS) is 2. The van der Waals surface area contributed by atoms with E-state index >= 15 is 0 Å². The minimum Gasteiger partial charge on any atom is -0.480 e. The molecule has 1 rings (SSSR count). The first-order valence-corrected chi connectivity index (χ1v) is 6.03. The molecule has 4 N–H and O–H groups in total. The van der Waals surface area contributed by atoms with E-state index in [0.717, 1.165) is 11.8 Å². The summed E-state index contributed by atoms with van der Waals surface area (Å²) in [5.74, 6) is -3.22. The fourth-order valence-electron chi connectivity index (χ4n) is 1.40. The van der Waals surface area contributed by atoms with Crippen LogP contribution in [0.15, 0.2) is 0 Å². The van der Waals surface area contributed by atoms with E-state index in [4.69, 9.17) is 15.9 Å². The van der Waals surface area contributed by atoms with Crippen molar-refractivity contribution in [1.29, 1.82) is 0 Å². The molecule has 0 saturated carbocycles. The Morgan fingerprint density at radius 1 is 1.44 bits per heavy atom. The number of imide groups is 1. The number of thioether (sulfide) groups is 1. The molecule has 8 nitrogen and oxygen atoms in total. The van der Waals surface area contributed by atoms with Crippen LogP contribution in [0.3, 0.4) is 0 Å². The van der Waals surface area contributed by atoms with Crippen LogP contribution in [-0.2, 0) is 14.4 Å². The van der Waals surface area contributed by atoms with Crippen LogP contribution in [0.4, 0.5) is 4.79 Å². The smallest absolute Gasteiger partial charge is 0.327 e. The van der Waals surface area contributed by atoms with Gasteiger partial charge < -0.3 is 15.9 Å². The first-order valence-electron chi connectivity index (χ1n) is 5.04. The molecule has 0 aliphatic carbocycles. The average Bonchev–Trinajstić information content (AvgIpc) is 2.67. The SMILES string of the molecule is N[C@@H](CCC(=O)N1C(=O)SC[C@H]1C(=O)O)C(=O)O. The third kappa shape index (κ3) is 3.20. The number of hydrogen-bond acceptors (Lipinski definition) is 6. The highest BCUT2D eigenvalue weighted by atomic mass is 32.2. The molecule has 2 atom stereocenters. The van der Waals surface area contributed by atoms with Crippen molar-refractivity contribution in [1.82, 2.24) is 4.90 Å². The van der Waals surface area contributed by atoms with Crippen LogP contribution in [0.25, 0.3) is 0 Å². The summed E-state index contributed by atoms with van der Waals surface area (Å²) in [6, 6.07) is -2.39.